The summed E-state index contributed by atoms with van der Waals surface area (Å²) in [6.07, 6.45) is 2.30. The fraction of sp³-hybridized carbons (Fsp3) is 0.500. The molecule has 1 aromatic heterocycles. The van der Waals surface area contributed by atoms with Crippen molar-refractivity contribution in [1.82, 2.24) is 15.5 Å². The van der Waals surface area contributed by atoms with Crippen LogP contribution in [-0.2, 0) is 11.3 Å². The number of nitrogens with one attached hydrogen (secondary N) is 1. The molecule has 2 rings (SSSR count). The number of nitrogens with zero attached hydrogens (tertiary/aromatic N) is 2. The summed E-state index contributed by atoms with van der Waals surface area (Å²) in [7, 11) is 1.75. The Morgan fingerprint density at radius 2 is 2.00 bits per heavy atom. The van der Waals surface area contributed by atoms with Crippen molar-refractivity contribution in [2.45, 2.75) is 45.4 Å². The monoisotopic (exact) mass is 289 g/mol. The van der Waals surface area contributed by atoms with E-state index in [0.717, 1.165) is 18.5 Å². The average Bonchev–Trinajstić information content (AvgIpc) is 2.99. The van der Waals surface area contributed by atoms with Crippen LogP contribution < -0.4 is 5.32 Å². The molecule has 1 N–H and O–H groups in total. The summed E-state index contributed by atoms with van der Waals surface area (Å²) in [5.41, 5.74) is 2.08. The standard InChI is InChI=1S/C16H23N3O2/c1-12(9-16(2,3)20-4)17-10-13-5-7-14(8-6-13)15-18-11-21-19-15/h5-8,11-12,17H,9-10H2,1-4H3/t12-/m0/s1. The van der Waals surface area contributed by atoms with Gasteiger partial charge in [0, 0.05) is 25.3 Å². The molecule has 5 nitrogen and oxygen atoms in total. The molecule has 1 atom stereocenters. The van der Waals surface area contributed by atoms with E-state index in [1.165, 1.54) is 12.0 Å². The summed E-state index contributed by atoms with van der Waals surface area (Å²) in [5.74, 6) is 0.615. The molecule has 0 saturated heterocycles. The number of benzene rings is 1. The van der Waals surface area contributed by atoms with Gasteiger partial charge in [-0.1, -0.05) is 29.4 Å². The minimum Gasteiger partial charge on any atom is -0.379 e. The topological polar surface area (TPSA) is 60.2 Å². The number of methoxy groups -OCH3 is 1. The Morgan fingerprint density at radius 3 is 2.57 bits per heavy atom. The van der Waals surface area contributed by atoms with Gasteiger partial charge in [-0.3, -0.25) is 0 Å². The quantitative estimate of drug-likeness (QED) is 0.849. The van der Waals surface area contributed by atoms with Crippen LogP contribution in [0.3, 0.4) is 0 Å². The number of rotatable bonds is 7. The SMILES string of the molecule is COC(C)(C)C[C@H](C)NCc1ccc(-c2ncon2)cc1. The second-order valence-corrected chi connectivity index (χ2v) is 5.90. The Kier molecular flexibility index (Phi) is 5.09. The maximum atomic E-state index is 5.45. The summed E-state index contributed by atoms with van der Waals surface area (Å²) in [6, 6.07) is 8.55. The summed E-state index contributed by atoms with van der Waals surface area (Å²) in [4.78, 5) is 4.03. The Labute approximate surface area is 125 Å². The Hall–Kier alpha value is -1.72. The zero-order valence-corrected chi connectivity index (χ0v) is 13.1. The second-order valence-electron chi connectivity index (χ2n) is 5.90. The number of hydrogen-bond acceptors (Lipinski definition) is 5. The summed E-state index contributed by atoms with van der Waals surface area (Å²) in [6.45, 7) is 7.21. The van der Waals surface area contributed by atoms with Crippen LogP contribution in [0, 0.1) is 0 Å². The zero-order valence-electron chi connectivity index (χ0n) is 13.1. The van der Waals surface area contributed by atoms with Crippen molar-refractivity contribution in [3.8, 4) is 11.4 Å². The van der Waals surface area contributed by atoms with E-state index in [2.05, 4.69) is 48.4 Å². The number of aromatic nitrogens is 2. The van der Waals surface area contributed by atoms with Crippen LogP contribution in [0.1, 0.15) is 32.8 Å². The third-order valence-electron chi connectivity index (χ3n) is 3.58. The van der Waals surface area contributed by atoms with Crippen molar-refractivity contribution in [3.05, 3.63) is 36.2 Å². The van der Waals surface area contributed by atoms with E-state index in [4.69, 9.17) is 9.26 Å². The molecule has 1 heterocycles. The van der Waals surface area contributed by atoms with Crippen molar-refractivity contribution >= 4 is 0 Å². The largest absolute Gasteiger partial charge is 0.379 e. The highest BCUT2D eigenvalue weighted by Gasteiger charge is 2.19. The fourth-order valence-corrected chi connectivity index (χ4v) is 2.25. The van der Waals surface area contributed by atoms with Gasteiger partial charge in [-0.25, -0.2) is 0 Å². The van der Waals surface area contributed by atoms with Crippen LogP contribution in [0.2, 0.25) is 0 Å². The lowest BCUT2D eigenvalue weighted by Gasteiger charge is -2.27. The highest BCUT2D eigenvalue weighted by molar-refractivity contribution is 5.54. The van der Waals surface area contributed by atoms with Crippen molar-refractivity contribution < 1.29 is 9.26 Å². The molecule has 1 aromatic carbocycles. The van der Waals surface area contributed by atoms with Gasteiger partial charge in [0.2, 0.25) is 12.2 Å². The Balaban J connectivity index is 1.86. The van der Waals surface area contributed by atoms with E-state index in [1.54, 1.807) is 7.11 Å². The predicted octanol–water partition coefficient (Wildman–Crippen LogP) is 3.03. The molecule has 0 spiro atoms. The van der Waals surface area contributed by atoms with E-state index >= 15 is 0 Å². The van der Waals surface area contributed by atoms with Crippen LogP contribution in [0.15, 0.2) is 35.2 Å². The molecule has 0 bridgehead atoms. The molecule has 0 radical (unpaired) electrons. The molecule has 0 amide bonds. The molecule has 5 heteroatoms. The minimum absolute atomic E-state index is 0.102. The molecular weight excluding hydrogens is 266 g/mol. The molecule has 21 heavy (non-hydrogen) atoms. The molecule has 0 saturated carbocycles. The van der Waals surface area contributed by atoms with Crippen LogP contribution in [0.25, 0.3) is 11.4 Å². The van der Waals surface area contributed by atoms with Crippen molar-refractivity contribution in [3.63, 3.8) is 0 Å². The zero-order chi connectivity index (χ0) is 15.3. The summed E-state index contributed by atoms with van der Waals surface area (Å²) < 4.78 is 10.2. The van der Waals surface area contributed by atoms with Crippen molar-refractivity contribution in [2.75, 3.05) is 7.11 Å². The predicted molar refractivity (Wildman–Crippen MR) is 81.7 cm³/mol. The van der Waals surface area contributed by atoms with E-state index < -0.39 is 0 Å². The highest BCUT2D eigenvalue weighted by atomic mass is 16.5. The molecule has 0 aliphatic carbocycles. The van der Waals surface area contributed by atoms with Gasteiger partial charge in [-0.2, -0.15) is 4.98 Å². The van der Waals surface area contributed by atoms with E-state index in [9.17, 15) is 0 Å². The number of ether oxygens (including phenoxy) is 1. The van der Waals surface area contributed by atoms with E-state index in [1.807, 2.05) is 12.1 Å². The van der Waals surface area contributed by atoms with E-state index in [0.29, 0.717) is 11.9 Å². The summed E-state index contributed by atoms with van der Waals surface area (Å²) >= 11 is 0. The third kappa shape index (κ3) is 4.65. The normalized spacial score (nSPS) is 13.3. The lowest BCUT2D eigenvalue weighted by molar-refractivity contribution is 0.00844. The van der Waals surface area contributed by atoms with Gasteiger partial charge in [0.05, 0.1) is 5.60 Å². The molecule has 2 aromatic rings. The van der Waals surface area contributed by atoms with Gasteiger partial charge in [0.25, 0.3) is 0 Å². The van der Waals surface area contributed by atoms with Crippen molar-refractivity contribution in [2.24, 2.45) is 0 Å². The first-order valence-electron chi connectivity index (χ1n) is 7.14. The van der Waals surface area contributed by atoms with Crippen LogP contribution in [0.5, 0.6) is 0 Å². The van der Waals surface area contributed by atoms with E-state index in [-0.39, 0.29) is 5.60 Å². The minimum atomic E-state index is -0.102. The van der Waals surface area contributed by atoms with Crippen molar-refractivity contribution in [1.29, 1.82) is 0 Å². The van der Waals surface area contributed by atoms with Gasteiger partial charge in [0.15, 0.2) is 0 Å². The molecule has 114 valence electrons. The Bertz CT molecular complexity index is 535. The summed E-state index contributed by atoms with van der Waals surface area (Å²) in [5, 5.41) is 7.34. The number of hydrogen-bond donors (Lipinski definition) is 1. The lowest BCUT2D eigenvalue weighted by atomic mass is 9.99. The third-order valence-corrected chi connectivity index (χ3v) is 3.58. The highest BCUT2D eigenvalue weighted by Crippen LogP contribution is 2.17. The maximum Gasteiger partial charge on any atom is 0.214 e. The maximum absolute atomic E-state index is 5.45. The van der Waals surface area contributed by atoms with Gasteiger partial charge in [-0.15, -0.1) is 0 Å². The van der Waals surface area contributed by atoms with Gasteiger partial charge >= 0.3 is 0 Å². The van der Waals surface area contributed by atoms with Crippen LogP contribution in [0.4, 0.5) is 0 Å². The first kappa shape index (κ1) is 15.7. The first-order chi connectivity index (χ1) is 10.00. The Morgan fingerprint density at radius 1 is 1.29 bits per heavy atom. The first-order valence-corrected chi connectivity index (χ1v) is 7.14. The van der Waals surface area contributed by atoms with Gasteiger partial charge < -0.3 is 14.6 Å². The molecule has 0 fully saturated rings. The van der Waals surface area contributed by atoms with Crippen LogP contribution in [-0.4, -0.2) is 28.9 Å². The van der Waals surface area contributed by atoms with Gasteiger partial charge in [-0.05, 0) is 32.8 Å². The molecule has 0 aliphatic heterocycles. The molecular formula is C16H23N3O2. The lowest BCUT2D eigenvalue weighted by Crippen LogP contribution is -2.35. The van der Waals surface area contributed by atoms with Gasteiger partial charge in [0.1, 0.15) is 0 Å². The van der Waals surface area contributed by atoms with Crippen LogP contribution >= 0.6 is 0 Å². The fourth-order valence-electron chi connectivity index (χ4n) is 2.25. The molecule has 0 aliphatic rings. The molecule has 0 unspecified atom stereocenters. The second kappa shape index (κ2) is 6.83. The average molecular weight is 289 g/mol. The smallest absolute Gasteiger partial charge is 0.214 e.